The number of pyridine rings is 1. The van der Waals surface area contributed by atoms with E-state index >= 15 is 0 Å². The Morgan fingerprint density at radius 3 is 2.38 bits per heavy atom. The Morgan fingerprint density at radius 2 is 1.62 bits per heavy atom. The maximum Gasteiger partial charge on any atom is 0.292 e. The van der Waals surface area contributed by atoms with Crippen molar-refractivity contribution < 1.29 is 14.0 Å². The fourth-order valence-electron chi connectivity index (χ4n) is 2.98. The van der Waals surface area contributed by atoms with Gasteiger partial charge >= 0.3 is 0 Å². The van der Waals surface area contributed by atoms with Gasteiger partial charge in [-0.2, -0.15) is 0 Å². The molecule has 0 radical (unpaired) electrons. The number of amides is 2. The predicted octanol–water partition coefficient (Wildman–Crippen LogP) is 4.29. The van der Waals surface area contributed by atoms with Crippen molar-refractivity contribution in [1.29, 1.82) is 0 Å². The molecule has 144 valence electrons. The molecule has 0 aliphatic rings. The monoisotopic (exact) mass is 388 g/mol. The van der Waals surface area contributed by atoms with Crippen molar-refractivity contribution in [2.75, 3.05) is 10.6 Å². The van der Waals surface area contributed by atoms with E-state index in [4.69, 9.17) is 0 Å². The van der Waals surface area contributed by atoms with Crippen LogP contribution in [0.4, 0.5) is 15.8 Å². The molecule has 0 spiro atoms. The van der Waals surface area contributed by atoms with Gasteiger partial charge in [-0.3, -0.25) is 14.0 Å². The van der Waals surface area contributed by atoms with Crippen LogP contribution in [0.5, 0.6) is 0 Å². The first-order valence-corrected chi connectivity index (χ1v) is 8.94. The van der Waals surface area contributed by atoms with Gasteiger partial charge in [0.1, 0.15) is 5.82 Å². The minimum absolute atomic E-state index is 0.0554. The standard InChI is InChI=1S/C22H17FN4O2/c1-14-6-2-3-7-17(14)25-21(28)19-18-8-4-5-13-27(18)20(26-19)22(29)24-16-11-9-15(23)10-12-16/h2-13H,1H3,(H,24,29)(H,25,28). The zero-order chi connectivity index (χ0) is 20.4. The summed E-state index contributed by atoms with van der Waals surface area (Å²) >= 11 is 0. The summed E-state index contributed by atoms with van der Waals surface area (Å²) in [5, 5.41) is 5.51. The minimum atomic E-state index is -0.507. The van der Waals surface area contributed by atoms with Crippen LogP contribution in [0.15, 0.2) is 72.9 Å². The Labute approximate surface area is 166 Å². The fourth-order valence-corrected chi connectivity index (χ4v) is 2.98. The minimum Gasteiger partial charge on any atom is -0.320 e. The number of fused-ring (bicyclic) bond motifs is 1. The number of carbonyl (C=O) groups excluding carboxylic acids is 2. The third-order valence-electron chi connectivity index (χ3n) is 4.46. The zero-order valence-electron chi connectivity index (χ0n) is 15.5. The van der Waals surface area contributed by atoms with Crippen LogP contribution < -0.4 is 10.6 Å². The molecule has 29 heavy (non-hydrogen) atoms. The van der Waals surface area contributed by atoms with Gasteiger partial charge in [-0.1, -0.05) is 24.3 Å². The second-order valence-corrected chi connectivity index (χ2v) is 6.47. The second kappa shape index (κ2) is 7.55. The number of para-hydroxylation sites is 1. The highest BCUT2D eigenvalue weighted by atomic mass is 19.1. The Balaban J connectivity index is 1.67. The number of hydrogen-bond donors (Lipinski definition) is 2. The van der Waals surface area contributed by atoms with Crippen LogP contribution in [0, 0.1) is 12.7 Å². The molecule has 0 unspecified atom stereocenters. The number of hydrogen-bond acceptors (Lipinski definition) is 3. The van der Waals surface area contributed by atoms with E-state index in [1.54, 1.807) is 34.9 Å². The Bertz CT molecular complexity index is 1220. The maximum absolute atomic E-state index is 13.1. The molecule has 4 aromatic rings. The first kappa shape index (κ1) is 18.4. The summed E-state index contributed by atoms with van der Waals surface area (Å²) < 4.78 is 14.6. The molecule has 2 N–H and O–H groups in total. The van der Waals surface area contributed by atoms with E-state index in [2.05, 4.69) is 15.6 Å². The van der Waals surface area contributed by atoms with E-state index in [1.807, 2.05) is 25.1 Å². The van der Waals surface area contributed by atoms with Crippen LogP contribution in [0.1, 0.15) is 26.7 Å². The molecular formula is C22H17FN4O2. The quantitative estimate of drug-likeness (QED) is 0.548. The summed E-state index contributed by atoms with van der Waals surface area (Å²) in [6.45, 7) is 1.89. The van der Waals surface area contributed by atoms with Crippen LogP contribution in [0.3, 0.4) is 0 Å². The van der Waals surface area contributed by atoms with Crippen molar-refractivity contribution in [2.24, 2.45) is 0 Å². The molecule has 0 saturated carbocycles. The molecule has 6 nitrogen and oxygen atoms in total. The summed E-state index contributed by atoms with van der Waals surface area (Å²) in [7, 11) is 0. The number of imidazole rings is 1. The lowest BCUT2D eigenvalue weighted by Gasteiger charge is -2.06. The number of aryl methyl sites for hydroxylation is 1. The summed E-state index contributed by atoms with van der Waals surface area (Å²) in [6.07, 6.45) is 1.66. The molecule has 2 aromatic heterocycles. The van der Waals surface area contributed by atoms with Gasteiger partial charge in [0.15, 0.2) is 5.69 Å². The summed E-state index contributed by atoms with van der Waals surface area (Å²) in [5.41, 5.74) is 2.65. The number of halogens is 1. The number of nitrogens with zero attached hydrogens (tertiary/aromatic N) is 2. The molecule has 2 aromatic carbocycles. The second-order valence-electron chi connectivity index (χ2n) is 6.47. The summed E-state index contributed by atoms with van der Waals surface area (Å²) in [4.78, 5) is 29.9. The highest BCUT2D eigenvalue weighted by Crippen LogP contribution is 2.19. The van der Waals surface area contributed by atoms with Gasteiger partial charge in [0.25, 0.3) is 11.8 Å². The van der Waals surface area contributed by atoms with Crippen molar-refractivity contribution in [1.82, 2.24) is 9.38 Å². The van der Waals surface area contributed by atoms with Crippen LogP contribution >= 0.6 is 0 Å². The molecule has 4 rings (SSSR count). The normalized spacial score (nSPS) is 10.7. The summed E-state index contributed by atoms with van der Waals surface area (Å²) in [6, 6.07) is 18.0. The molecule has 2 amide bonds. The lowest BCUT2D eigenvalue weighted by molar-refractivity contribution is 0.101. The fraction of sp³-hybridized carbons (Fsp3) is 0.0455. The SMILES string of the molecule is Cc1ccccc1NC(=O)c1nc(C(=O)Nc2ccc(F)cc2)n2ccccc12. The first-order valence-electron chi connectivity index (χ1n) is 8.94. The lowest BCUT2D eigenvalue weighted by atomic mass is 10.2. The van der Waals surface area contributed by atoms with Crippen LogP contribution in [0.2, 0.25) is 0 Å². The van der Waals surface area contributed by atoms with Gasteiger partial charge in [0.2, 0.25) is 5.82 Å². The van der Waals surface area contributed by atoms with Crippen molar-refractivity contribution in [3.8, 4) is 0 Å². The number of nitrogens with one attached hydrogen (secondary N) is 2. The Hall–Kier alpha value is -4.00. The molecule has 2 heterocycles. The maximum atomic E-state index is 13.1. The third-order valence-corrected chi connectivity index (χ3v) is 4.46. The molecule has 0 aliphatic heterocycles. The first-order chi connectivity index (χ1) is 14.0. The van der Waals surface area contributed by atoms with Gasteiger partial charge in [-0.25, -0.2) is 9.37 Å². The van der Waals surface area contributed by atoms with Crippen LogP contribution in [0.25, 0.3) is 5.52 Å². The van der Waals surface area contributed by atoms with E-state index in [0.717, 1.165) is 5.56 Å². The zero-order valence-corrected chi connectivity index (χ0v) is 15.5. The van der Waals surface area contributed by atoms with E-state index in [0.29, 0.717) is 16.9 Å². The van der Waals surface area contributed by atoms with Gasteiger partial charge in [-0.15, -0.1) is 0 Å². The van der Waals surface area contributed by atoms with Crippen molar-refractivity contribution in [2.45, 2.75) is 6.92 Å². The highest BCUT2D eigenvalue weighted by molar-refractivity contribution is 6.10. The van der Waals surface area contributed by atoms with Crippen molar-refractivity contribution in [3.63, 3.8) is 0 Å². The van der Waals surface area contributed by atoms with Crippen molar-refractivity contribution in [3.05, 3.63) is 95.8 Å². The van der Waals surface area contributed by atoms with Gasteiger partial charge in [0.05, 0.1) is 5.52 Å². The smallest absolute Gasteiger partial charge is 0.292 e. The van der Waals surface area contributed by atoms with E-state index in [9.17, 15) is 14.0 Å². The van der Waals surface area contributed by atoms with Gasteiger partial charge < -0.3 is 10.6 Å². The van der Waals surface area contributed by atoms with E-state index in [1.165, 1.54) is 24.3 Å². The van der Waals surface area contributed by atoms with Crippen molar-refractivity contribution >= 4 is 28.7 Å². The Morgan fingerprint density at radius 1 is 0.897 bits per heavy atom. The van der Waals surface area contributed by atoms with E-state index in [-0.39, 0.29) is 11.5 Å². The highest BCUT2D eigenvalue weighted by Gasteiger charge is 2.22. The number of benzene rings is 2. The van der Waals surface area contributed by atoms with Gasteiger partial charge in [0, 0.05) is 17.6 Å². The van der Waals surface area contributed by atoms with Crippen LogP contribution in [-0.2, 0) is 0 Å². The largest absolute Gasteiger partial charge is 0.320 e. The van der Waals surface area contributed by atoms with Gasteiger partial charge in [-0.05, 0) is 55.0 Å². The molecule has 0 aliphatic carbocycles. The summed E-state index contributed by atoms with van der Waals surface area (Å²) in [5.74, 6) is -1.26. The number of rotatable bonds is 4. The number of carbonyl (C=O) groups is 2. The molecule has 0 fully saturated rings. The molecule has 7 heteroatoms. The predicted molar refractivity (Wildman–Crippen MR) is 109 cm³/mol. The molecule has 0 bridgehead atoms. The van der Waals surface area contributed by atoms with Crippen LogP contribution in [-0.4, -0.2) is 21.2 Å². The molecule has 0 saturated heterocycles. The average molecular weight is 388 g/mol. The molecule has 0 atom stereocenters. The molecular weight excluding hydrogens is 371 g/mol. The third kappa shape index (κ3) is 3.70. The Kier molecular flexibility index (Phi) is 4.78. The lowest BCUT2D eigenvalue weighted by Crippen LogP contribution is -2.16. The number of anilines is 2. The average Bonchev–Trinajstić information content (AvgIpc) is 3.11. The topological polar surface area (TPSA) is 75.5 Å². The number of aromatic nitrogens is 2. The van der Waals surface area contributed by atoms with E-state index < -0.39 is 17.6 Å².